The van der Waals surface area contributed by atoms with E-state index >= 15 is 0 Å². The van der Waals surface area contributed by atoms with Gasteiger partial charge in [-0.1, -0.05) is 0 Å². The third-order valence-electron chi connectivity index (χ3n) is 2.69. The van der Waals surface area contributed by atoms with Crippen LogP contribution in [0.3, 0.4) is 0 Å². The number of carbonyl (C=O) groups excluding carboxylic acids is 2. The summed E-state index contributed by atoms with van der Waals surface area (Å²) in [4.78, 5) is 26.1. The van der Waals surface area contributed by atoms with Gasteiger partial charge in [0.1, 0.15) is 5.78 Å². The van der Waals surface area contributed by atoms with E-state index < -0.39 is 0 Å². The van der Waals surface area contributed by atoms with Gasteiger partial charge in [-0.25, -0.2) is 0 Å². The molecule has 14 heavy (non-hydrogen) atoms. The summed E-state index contributed by atoms with van der Waals surface area (Å²) in [5, 5.41) is 0. The van der Waals surface area contributed by atoms with Gasteiger partial charge in [-0.15, -0.1) is 0 Å². The first kappa shape index (κ1) is 11.2. The summed E-state index contributed by atoms with van der Waals surface area (Å²) in [5.74, 6) is 0.329. The summed E-state index contributed by atoms with van der Waals surface area (Å²) in [6, 6.07) is 0.185. The van der Waals surface area contributed by atoms with Crippen molar-refractivity contribution < 1.29 is 9.59 Å². The molecule has 1 amide bonds. The van der Waals surface area contributed by atoms with Crippen LogP contribution in [-0.4, -0.2) is 54.2 Å². The fourth-order valence-corrected chi connectivity index (χ4v) is 1.70. The third kappa shape index (κ3) is 2.80. The van der Waals surface area contributed by atoms with Gasteiger partial charge in [0.2, 0.25) is 5.91 Å². The average molecular weight is 198 g/mol. The van der Waals surface area contributed by atoms with Crippen LogP contribution in [0, 0.1) is 0 Å². The second-order valence-corrected chi connectivity index (χ2v) is 4.04. The molecule has 80 valence electrons. The maximum absolute atomic E-state index is 11.4. The number of rotatable bonds is 3. The number of amides is 1. The first-order valence-electron chi connectivity index (χ1n) is 4.98. The van der Waals surface area contributed by atoms with Crippen LogP contribution < -0.4 is 0 Å². The van der Waals surface area contributed by atoms with Crippen LogP contribution in [0.25, 0.3) is 0 Å². The zero-order valence-electron chi connectivity index (χ0n) is 9.12. The SMILES string of the molecule is CC(=O)CC(C)N1CCN(C)C(=O)C1. The van der Waals surface area contributed by atoms with Gasteiger partial charge in [-0.3, -0.25) is 14.5 Å². The van der Waals surface area contributed by atoms with E-state index in [1.165, 1.54) is 0 Å². The van der Waals surface area contributed by atoms with E-state index in [2.05, 4.69) is 4.90 Å². The molecule has 0 aliphatic carbocycles. The van der Waals surface area contributed by atoms with Crippen molar-refractivity contribution >= 4 is 11.7 Å². The van der Waals surface area contributed by atoms with Gasteiger partial charge in [0, 0.05) is 32.6 Å². The topological polar surface area (TPSA) is 40.6 Å². The minimum Gasteiger partial charge on any atom is -0.343 e. The third-order valence-corrected chi connectivity index (χ3v) is 2.69. The van der Waals surface area contributed by atoms with Gasteiger partial charge in [0.05, 0.1) is 6.54 Å². The van der Waals surface area contributed by atoms with Crippen molar-refractivity contribution in [2.75, 3.05) is 26.7 Å². The standard InChI is InChI=1S/C10H18N2O2/c1-8(6-9(2)13)12-5-4-11(3)10(14)7-12/h8H,4-7H2,1-3H3. The number of ketones is 1. The van der Waals surface area contributed by atoms with Gasteiger partial charge in [-0.05, 0) is 13.8 Å². The quantitative estimate of drug-likeness (QED) is 0.647. The normalized spacial score (nSPS) is 21.1. The molecule has 1 aliphatic rings. The van der Waals surface area contributed by atoms with E-state index in [0.29, 0.717) is 13.0 Å². The van der Waals surface area contributed by atoms with Gasteiger partial charge >= 0.3 is 0 Å². The van der Waals surface area contributed by atoms with E-state index in [4.69, 9.17) is 0 Å². The summed E-state index contributed by atoms with van der Waals surface area (Å²) >= 11 is 0. The fraction of sp³-hybridized carbons (Fsp3) is 0.800. The van der Waals surface area contributed by atoms with Gasteiger partial charge in [-0.2, -0.15) is 0 Å². The van der Waals surface area contributed by atoms with E-state index in [1.54, 1.807) is 11.8 Å². The Morgan fingerprint density at radius 3 is 2.64 bits per heavy atom. The average Bonchev–Trinajstić information content (AvgIpc) is 2.08. The zero-order chi connectivity index (χ0) is 10.7. The molecular formula is C10H18N2O2. The summed E-state index contributed by atoms with van der Waals surface area (Å²) < 4.78 is 0. The summed E-state index contributed by atoms with van der Waals surface area (Å²) in [5.41, 5.74) is 0. The van der Waals surface area contributed by atoms with Crippen molar-refractivity contribution in [2.24, 2.45) is 0 Å². The Bertz CT molecular complexity index is 240. The first-order chi connectivity index (χ1) is 6.50. The van der Waals surface area contributed by atoms with Crippen LogP contribution in [0.2, 0.25) is 0 Å². The lowest BCUT2D eigenvalue weighted by Gasteiger charge is -2.35. The van der Waals surface area contributed by atoms with Gasteiger partial charge < -0.3 is 4.90 Å². The molecule has 1 unspecified atom stereocenters. The second-order valence-electron chi connectivity index (χ2n) is 4.04. The Morgan fingerprint density at radius 1 is 1.50 bits per heavy atom. The molecule has 1 atom stereocenters. The number of nitrogens with zero attached hydrogens (tertiary/aromatic N) is 2. The highest BCUT2D eigenvalue weighted by Crippen LogP contribution is 2.08. The monoisotopic (exact) mass is 198 g/mol. The molecule has 0 spiro atoms. The molecule has 4 nitrogen and oxygen atoms in total. The molecule has 1 fully saturated rings. The van der Waals surface area contributed by atoms with Crippen molar-refractivity contribution in [1.29, 1.82) is 0 Å². The Labute approximate surface area is 84.9 Å². The number of Topliss-reactive ketones (excluding diaryl/α,β-unsaturated/α-hetero) is 1. The Morgan fingerprint density at radius 2 is 2.14 bits per heavy atom. The molecule has 0 aromatic heterocycles. The van der Waals surface area contributed by atoms with Crippen LogP contribution in [0.15, 0.2) is 0 Å². The van der Waals surface area contributed by atoms with Crippen molar-refractivity contribution in [3.63, 3.8) is 0 Å². The lowest BCUT2D eigenvalue weighted by atomic mass is 10.1. The maximum Gasteiger partial charge on any atom is 0.236 e. The number of hydrogen-bond donors (Lipinski definition) is 0. The van der Waals surface area contributed by atoms with E-state index in [1.807, 2.05) is 14.0 Å². The van der Waals surface area contributed by atoms with E-state index in [-0.39, 0.29) is 17.7 Å². The van der Waals surface area contributed by atoms with Crippen molar-refractivity contribution in [3.8, 4) is 0 Å². The first-order valence-corrected chi connectivity index (χ1v) is 4.98. The Kier molecular flexibility index (Phi) is 3.63. The maximum atomic E-state index is 11.4. The second kappa shape index (κ2) is 4.55. The van der Waals surface area contributed by atoms with Gasteiger partial charge in [0.15, 0.2) is 0 Å². The van der Waals surface area contributed by atoms with Crippen LogP contribution in [0.1, 0.15) is 20.3 Å². The molecule has 1 heterocycles. The highest BCUT2D eigenvalue weighted by atomic mass is 16.2. The van der Waals surface area contributed by atoms with Crippen LogP contribution in [-0.2, 0) is 9.59 Å². The van der Waals surface area contributed by atoms with E-state index in [9.17, 15) is 9.59 Å². The van der Waals surface area contributed by atoms with Crippen molar-refractivity contribution in [1.82, 2.24) is 9.80 Å². The Hall–Kier alpha value is -0.900. The molecule has 0 radical (unpaired) electrons. The molecule has 0 bridgehead atoms. The van der Waals surface area contributed by atoms with Crippen LogP contribution in [0.5, 0.6) is 0 Å². The molecular weight excluding hydrogens is 180 g/mol. The molecule has 1 rings (SSSR count). The molecule has 1 aliphatic heterocycles. The molecule has 1 saturated heterocycles. The smallest absolute Gasteiger partial charge is 0.236 e. The molecule has 0 saturated carbocycles. The predicted molar refractivity (Wildman–Crippen MR) is 54.0 cm³/mol. The predicted octanol–water partition coefficient (Wildman–Crippen LogP) is 0.128. The van der Waals surface area contributed by atoms with Crippen LogP contribution >= 0.6 is 0 Å². The Balaban J connectivity index is 2.46. The minimum atomic E-state index is 0.145. The van der Waals surface area contributed by atoms with Crippen molar-refractivity contribution in [3.05, 3.63) is 0 Å². The van der Waals surface area contributed by atoms with Crippen LogP contribution in [0.4, 0.5) is 0 Å². The lowest BCUT2D eigenvalue weighted by molar-refractivity contribution is -0.136. The van der Waals surface area contributed by atoms with E-state index in [0.717, 1.165) is 13.1 Å². The molecule has 0 aromatic rings. The number of piperazine rings is 1. The highest BCUT2D eigenvalue weighted by molar-refractivity contribution is 5.79. The molecule has 4 heteroatoms. The summed E-state index contributed by atoms with van der Waals surface area (Å²) in [6.07, 6.45) is 0.539. The largest absolute Gasteiger partial charge is 0.343 e. The fourth-order valence-electron chi connectivity index (χ4n) is 1.70. The molecule has 0 N–H and O–H groups in total. The minimum absolute atomic E-state index is 0.145. The van der Waals surface area contributed by atoms with Crippen molar-refractivity contribution in [2.45, 2.75) is 26.3 Å². The summed E-state index contributed by atoms with van der Waals surface area (Å²) in [6.45, 7) is 5.68. The summed E-state index contributed by atoms with van der Waals surface area (Å²) in [7, 11) is 1.81. The lowest BCUT2D eigenvalue weighted by Crippen LogP contribution is -2.51. The van der Waals surface area contributed by atoms with Gasteiger partial charge in [0.25, 0.3) is 0 Å². The zero-order valence-corrected chi connectivity index (χ0v) is 9.12. The number of hydrogen-bond acceptors (Lipinski definition) is 3. The molecule has 0 aromatic carbocycles. The highest BCUT2D eigenvalue weighted by Gasteiger charge is 2.24. The number of likely N-dealkylation sites (N-methyl/N-ethyl adjacent to an activating group) is 1. The number of carbonyl (C=O) groups is 2.